The van der Waals surface area contributed by atoms with Crippen LogP contribution in [0.3, 0.4) is 0 Å². The van der Waals surface area contributed by atoms with Crippen LogP contribution in [0.4, 0.5) is 0 Å². The Hall–Kier alpha value is -0.890. The van der Waals surface area contributed by atoms with Crippen molar-refractivity contribution in [3.05, 3.63) is 27.6 Å². The summed E-state index contributed by atoms with van der Waals surface area (Å²) in [6.07, 6.45) is 2.27. The Labute approximate surface area is 103 Å². The van der Waals surface area contributed by atoms with Crippen molar-refractivity contribution in [2.75, 3.05) is 6.61 Å². The maximum absolute atomic E-state index is 11.9. The van der Waals surface area contributed by atoms with Crippen LogP contribution in [0.15, 0.2) is 22.0 Å². The van der Waals surface area contributed by atoms with Crippen LogP contribution >= 0.6 is 11.6 Å². The summed E-state index contributed by atoms with van der Waals surface area (Å²) in [6, 6.07) is 1.08. The quantitative estimate of drug-likeness (QED) is 0.712. The summed E-state index contributed by atoms with van der Waals surface area (Å²) < 4.78 is 26.2. The smallest absolute Gasteiger partial charge is 0.266 e. The molecule has 1 aliphatic rings. The van der Waals surface area contributed by atoms with Crippen molar-refractivity contribution >= 4 is 21.6 Å². The van der Waals surface area contributed by atoms with Crippen LogP contribution in [0.2, 0.25) is 5.02 Å². The summed E-state index contributed by atoms with van der Waals surface area (Å²) >= 11 is 5.56. The van der Waals surface area contributed by atoms with E-state index in [9.17, 15) is 13.2 Å². The average molecular weight is 279 g/mol. The van der Waals surface area contributed by atoms with E-state index < -0.39 is 21.1 Å². The van der Waals surface area contributed by atoms with Crippen molar-refractivity contribution in [2.24, 2.45) is 0 Å². The Morgan fingerprint density at radius 2 is 2.18 bits per heavy atom. The normalized spacial score (nSPS) is 18.0. The standard InChI is InChI=1S/C9H11ClN2O4S/c10-7-3-6(4-11-8(7)14)17(15,16)12-9(5-13)1-2-9/h3-4,12-13H,1-2,5H2,(H,11,14). The molecule has 1 aromatic heterocycles. The van der Waals surface area contributed by atoms with Crippen LogP contribution in [0.1, 0.15) is 12.8 Å². The highest BCUT2D eigenvalue weighted by Crippen LogP contribution is 2.36. The molecule has 3 N–H and O–H groups in total. The summed E-state index contributed by atoms with van der Waals surface area (Å²) in [4.78, 5) is 13.1. The highest BCUT2D eigenvalue weighted by molar-refractivity contribution is 7.89. The first-order valence-electron chi connectivity index (χ1n) is 4.92. The van der Waals surface area contributed by atoms with E-state index in [1.165, 1.54) is 0 Å². The first-order valence-corrected chi connectivity index (χ1v) is 6.78. The molecule has 2 rings (SSSR count). The van der Waals surface area contributed by atoms with Crippen LogP contribution in [0.5, 0.6) is 0 Å². The van der Waals surface area contributed by atoms with Crippen LogP contribution in [0, 0.1) is 0 Å². The number of hydrogen-bond donors (Lipinski definition) is 3. The highest BCUT2D eigenvalue weighted by atomic mass is 35.5. The first-order chi connectivity index (χ1) is 7.88. The molecule has 1 aromatic rings. The lowest BCUT2D eigenvalue weighted by Gasteiger charge is -2.14. The molecule has 0 unspecified atom stereocenters. The molecule has 94 valence electrons. The van der Waals surface area contributed by atoms with Gasteiger partial charge in [0.15, 0.2) is 0 Å². The number of hydrogen-bond acceptors (Lipinski definition) is 4. The molecule has 0 bridgehead atoms. The molecule has 0 aromatic carbocycles. The Morgan fingerprint density at radius 3 is 2.65 bits per heavy atom. The molecule has 1 fully saturated rings. The van der Waals surface area contributed by atoms with Crippen molar-refractivity contribution in [2.45, 2.75) is 23.3 Å². The third kappa shape index (κ3) is 2.52. The predicted molar refractivity (Wildman–Crippen MR) is 61.4 cm³/mol. The number of aliphatic hydroxyl groups excluding tert-OH is 1. The van der Waals surface area contributed by atoms with Gasteiger partial charge in [-0.2, -0.15) is 0 Å². The predicted octanol–water partition coefficient (Wildman–Crippen LogP) is -0.168. The third-order valence-electron chi connectivity index (χ3n) is 2.65. The van der Waals surface area contributed by atoms with Crippen LogP contribution in [-0.4, -0.2) is 30.7 Å². The van der Waals surface area contributed by atoms with Gasteiger partial charge in [-0.05, 0) is 18.9 Å². The molecular weight excluding hydrogens is 268 g/mol. The van der Waals surface area contributed by atoms with Crippen molar-refractivity contribution < 1.29 is 13.5 Å². The molecule has 1 heterocycles. The van der Waals surface area contributed by atoms with Gasteiger partial charge in [-0.15, -0.1) is 0 Å². The van der Waals surface area contributed by atoms with E-state index in [1.807, 2.05) is 0 Å². The number of H-pyrrole nitrogens is 1. The van der Waals surface area contributed by atoms with Crippen molar-refractivity contribution in [1.29, 1.82) is 0 Å². The molecule has 0 radical (unpaired) electrons. The lowest BCUT2D eigenvalue weighted by atomic mass is 10.3. The van der Waals surface area contributed by atoms with Crippen LogP contribution < -0.4 is 10.3 Å². The van der Waals surface area contributed by atoms with Gasteiger partial charge < -0.3 is 10.1 Å². The van der Waals surface area contributed by atoms with E-state index in [1.54, 1.807) is 0 Å². The summed E-state index contributed by atoms with van der Waals surface area (Å²) in [7, 11) is -3.77. The molecule has 1 aliphatic carbocycles. The molecule has 0 amide bonds. The summed E-state index contributed by atoms with van der Waals surface area (Å²) in [6.45, 7) is -0.247. The fourth-order valence-electron chi connectivity index (χ4n) is 1.38. The second-order valence-corrected chi connectivity index (χ2v) is 6.15. The Balaban J connectivity index is 2.32. The highest BCUT2D eigenvalue weighted by Gasteiger charge is 2.45. The largest absolute Gasteiger partial charge is 0.394 e. The third-order valence-corrected chi connectivity index (χ3v) is 4.49. The lowest BCUT2D eigenvalue weighted by molar-refractivity contribution is 0.246. The lowest BCUT2D eigenvalue weighted by Crippen LogP contribution is -2.39. The van der Waals surface area contributed by atoms with Crippen molar-refractivity contribution in [3.8, 4) is 0 Å². The molecule has 0 saturated heterocycles. The van der Waals surface area contributed by atoms with E-state index in [4.69, 9.17) is 16.7 Å². The Morgan fingerprint density at radius 1 is 1.53 bits per heavy atom. The number of pyridine rings is 1. The molecule has 0 atom stereocenters. The van der Waals surface area contributed by atoms with Gasteiger partial charge in [0.1, 0.15) is 5.02 Å². The fraction of sp³-hybridized carbons (Fsp3) is 0.444. The number of aromatic amines is 1. The van der Waals surface area contributed by atoms with E-state index in [2.05, 4.69) is 9.71 Å². The zero-order chi connectivity index (χ0) is 12.7. The topological polar surface area (TPSA) is 99.3 Å². The van der Waals surface area contributed by atoms with Crippen molar-refractivity contribution in [1.82, 2.24) is 9.71 Å². The summed E-state index contributed by atoms with van der Waals surface area (Å²) in [5, 5.41) is 8.86. The molecule has 0 spiro atoms. The van der Waals surface area contributed by atoms with Gasteiger partial charge in [-0.1, -0.05) is 11.6 Å². The Bertz CT molecular complexity index is 591. The minimum Gasteiger partial charge on any atom is -0.394 e. The van der Waals surface area contributed by atoms with Gasteiger partial charge in [0.2, 0.25) is 10.0 Å². The Kier molecular flexibility index (Phi) is 3.03. The number of aliphatic hydroxyl groups is 1. The minimum absolute atomic E-state index is 0.123. The summed E-state index contributed by atoms with van der Waals surface area (Å²) in [5.41, 5.74) is -1.30. The second kappa shape index (κ2) is 4.09. The number of halogens is 1. The van der Waals surface area contributed by atoms with E-state index >= 15 is 0 Å². The first kappa shape index (κ1) is 12.6. The zero-order valence-corrected chi connectivity index (χ0v) is 10.3. The van der Waals surface area contributed by atoms with E-state index in [0.29, 0.717) is 12.8 Å². The SMILES string of the molecule is O=c1[nH]cc(S(=O)(=O)NC2(CO)CC2)cc1Cl. The number of aromatic nitrogens is 1. The van der Waals surface area contributed by atoms with Gasteiger partial charge in [0.05, 0.1) is 17.0 Å². The van der Waals surface area contributed by atoms with Gasteiger partial charge in [-0.25, -0.2) is 13.1 Å². The molecule has 8 heteroatoms. The minimum atomic E-state index is -3.77. The van der Waals surface area contributed by atoms with Gasteiger partial charge in [-0.3, -0.25) is 4.79 Å². The maximum atomic E-state index is 11.9. The number of nitrogens with one attached hydrogen (secondary N) is 2. The second-order valence-electron chi connectivity index (χ2n) is 4.06. The summed E-state index contributed by atoms with van der Waals surface area (Å²) in [5.74, 6) is 0. The molecule has 6 nitrogen and oxygen atoms in total. The molecule has 1 saturated carbocycles. The van der Waals surface area contributed by atoms with Gasteiger partial charge >= 0.3 is 0 Å². The zero-order valence-electron chi connectivity index (χ0n) is 8.73. The van der Waals surface area contributed by atoms with E-state index in [-0.39, 0.29) is 16.5 Å². The maximum Gasteiger partial charge on any atom is 0.266 e. The van der Waals surface area contributed by atoms with Gasteiger partial charge in [0, 0.05) is 6.20 Å². The average Bonchev–Trinajstić information content (AvgIpc) is 3.02. The fourth-order valence-corrected chi connectivity index (χ4v) is 3.06. The monoisotopic (exact) mass is 278 g/mol. The van der Waals surface area contributed by atoms with Crippen LogP contribution in [0.25, 0.3) is 0 Å². The molecule has 0 aliphatic heterocycles. The number of rotatable bonds is 4. The molecule has 17 heavy (non-hydrogen) atoms. The van der Waals surface area contributed by atoms with Crippen molar-refractivity contribution in [3.63, 3.8) is 0 Å². The van der Waals surface area contributed by atoms with Crippen LogP contribution in [-0.2, 0) is 10.0 Å². The van der Waals surface area contributed by atoms with Gasteiger partial charge in [0.25, 0.3) is 5.56 Å². The number of sulfonamides is 1. The van der Waals surface area contributed by atoms with E-state index in [0.717, 1.165) is 12.3 Å². The molecular formula is C9H11ClN2O4S.